The molecule has 0 aromatic rings. The lowest BCUT2D eigenvalue weighted by Gasteiger charge is -2.20. The van der Waals surface area contributed by atoms with Crippen molar-refractivity contribution in [1.29, 1.82) is 0 Å². The lowest BCUT2D eigenvalue weighted by atomic mass is 10.1. The van der Waals surface area contributed by atoms with Gasteiger partial charge < -0.3 is 20.1 Å². The van der Waals surface area contributed by atoms with E-state index in [1.807, 2.05) is 0 Å². The van der Waals surface area contributed by atoms with Crippen molar-refractivity contribution in [3.05, 3.63) is 48.6 Å². The fraction of sp³-hybridized carbons (Fsp3) is 0.775. The average molecular weight is 712 g/mol. The van der Waals surface area contributed by atoms with E-state index in [4.69, 9.17) is 24.3 Å². The molecule has 0 fully saturated rings. The highest BCUT2D eigenvalue weighted by atomic mass is 31.2. The monoisotopic (exact) mass is 712 g/mol. The first kappa shape index (κ1) is 47.5. The Kier molecular flexibility index (Phi) is 36.5. The van der Waals surface area contributed by atoms with E-state index in [1.165, 1.54) is 83.5 Å². The molecule has 0 radical (unpaired) electrons. The second-order valence-corrected chi connectivity index (χ2v) is 14.2. The van der Waals surface area contributed by atoms with E-state index >= 15 is 0 Å². The maximum absolute atomic E-state index is 12.5. The molecule has 3 N–H and O–H groups in total. The molecule has 0 aliphatic rings. The molecule has 0 aromatic carbocycles. The second-order valence-electron chi connectivity index (χ2n) is 12.8. The molecular formula is C40H74NO7P. The van der Waals surface area contributed by atoms with E-state index in [0.29, 0.717) is 6.61 Å². The molecular weight excluding hydrogens is 637 g/mol. The maximum atomic E-state index is 12.5. The van der Waals surface area contributed by atoms with Crippen molar-refractivity contribution in [1.82, 2.24) is 0 Å². The van der Waals surface area contributed by atoms with Crippen LogP contribution in [0.3, 0.4) is 0 Å². The minimum Gasteiger partial charge on any atom is -0.457 e. The highest BCUT2D eigenvalue weighted by Crippen LogP contribution is 2.43. The van der Waals surface area contributed by atoms with Crippen molar-refractivity contribution in [3.63, 3.8) is 0 Å². The lowest BCUT2D eigenvalue weighted by Crippen LogP contribution is -2.28. The molecule has 0 aliphatic heterocycles. The van der Waals surface area contributed by atoms with Gasteiger partial charge in [0.25, 0.3) is 0 Å². The Morgan fingerprint density at radius 1 is 0.633 bits per heavy atom. The van der Waals surface area contributed by atoms with E-state index in [2.05, 4.69) is 62.5 Å². The molecule has 0 aromatic heterocycles. The maximum Gasteiger partial charge on any atom is 0.472 e. The van der Waals surface area contributed by atoms with Gasteiger partial charge in [0.1, 0.15) is 6.10 Å². The van der Waals surface area contributed by atoms with Crippen LogP contribution in [0.15, 0.2) is 48.6 Å². The molecule has 0 heterocycles. The molecule has 0 amide bonds. The highest BCUT2D eigenvalue weighted by molar-refractivity contribution is 7.47. The molecule has 286 valence electrons. The Morgan fingerprint density at radius 3 is 1.73 bits per heavy atom. The minimum absolute atomic E-state index is 0.0929. The van der Waals surface area contributed by atoms with Gasteiger partial charge in [-0.3, -0.25) is 13.8 Å². The molecule has 2 atom stereocenters. The van der Waals surface area contributed by atoms with Crippen LogP contribution in [0.25, 0.3) is 0 Å². The zero-order valence-electron chi connectivity index (χ0n) is 31.4. The molecule has 2 unspecified atom stereocenters. The van der Waals surface area contributed by atoms with Crippen LogP contribution in [0, 0.1) is 0 Å². The lowest BCUT2D eigenvalue weighted by molar-refractivity contribution is -0.154. The van der Waals surface area contributed by atoms with Gasteiger partial charge in [-0.05, 0) is 70.6 Å². The summed E-state index contributed by atoms with van der Waals surface area (Å²) in [4.78, 5) is 22.4. The normalized spacial score (nSPS) is 14.1. The van der Waals surface area contributed by atoms with Gasteiger partial charge in [0.2, 0.25) is 0 Å². The predicted molar refractivity (Wildman–Crippen MR) is 206 cm³/mol. The summed E-state index contributed by atoms with van der Waals surface area (Å²) in [5.74, 6) is -0.363. The van der Waals surface area contributed by atoms with Gasteiger partial charge in [0.05, 0.1) is 19.8 Å². The highest BCUT2D eigenvalue weighted by Gasteiger charge is 2.25. The Bertz CT molecular complexity index is 890. The number of hydrogen-bond acceptors (Lipinski definition) is 7. The van der Waals surface area contributed by atoms with E-state index in [9.17, 15) is 14.3 Å². The number of carbonyl (C=O) groups is 1. The third kappa shape index (κ3) is 37.5. The van der Waals surface area contributed by atoms with Gasteiger partial charge in [-0.25, -0.2) is 4.57 Å². The SMILES string of the molecule is CC/C=C\C/C=C\C/C=C\CCCCCC(=O)OC(COCCCCCCCC/C=C\CCCCCCCCC)COP(=O)(O)OCCN. The van der Waals surface area contributed by atoms with Crippen LogP contribution in [0.4, 0.5) is 0 Å². The summed E-state index contributed by atoms with van der Waals surface area (Å²) in [6.45, 7) is 4.74. The standard InChI is InChI=1S/C40H74NO7P/c1-3-5-7-9-11-13-15-17-18-19-20-22-24-26-28-30-32-35-45-37-39(38-47-49(43,44)46-36-34-41)48-40(42)33-31-29-27-25-23-21-16-14-12-10-8-6-4-2/h6,8,12,14,18-19,21,23,39H,3-5,7,9-11,13,15-17,20,22,24-38,41H2,1-2H3,(H,43,44)/b8-6-,14-12-,19-18-,23-21-. The molecule has 9 heteroatoms. The van der Waals surface area contributed by atoms with Gasteiger partial charge >= 0.3 is 13.8 Å². The van der Waals surface area contributed by atoms with Crippen LogP contribution in [0.5, 0.6) is 0 Å². The van der Waals surface area contributed by atoms with E-state index < -0.39 is 13.9 Å². The molecule has 49 heavy (non-hydrogen) atoms. The van der Waals surface area contributed by atoms with Crippen molar-refractivity contribution < 1.29 is 32.8 Å². The van der Waals surface area contributed by atoms with Crippen molar-refractivity contribution in [3.8, 4) is 0 Å². The smallest absolute Gasteiger partial charge is 0.457 e. The van der Waals surface area contributed by atoms with Gasteiger partial charge in [-0.15, -0.1) is 0 Å². The minimum atomic E-state index is -4.28. The third-order valence-corrected chi connectivity index (χ3v) is 8.96. The second kappa shape index (κ2) is 37.7. The van der Waals surface area contributed by atoms with Gasteiger partial charge in [-0.2, -0.15) is 0 Å². The number of hydrogen-bond donors (Lipinski definition) is 2. The summed E-state index contributed by atoms with van der Waals surface area (Å²) in [5.41, 5.74) is 5.35. The number of nitrogens with two attached hydrogens (primary N) is 1. The molecule has 0 bridgehead atoms. The van der Waals surface area contributed by atoms with Crippen LogP contribution in [-0.4, -0.2) is 49.9 Å². The molecule has 0 saturated heterocycles. The van der Waals surface area contributed by atoms with Crippen LogP contribution in [0.1, 0.15) is 162 Å². The molecule has 0 spiro atoms. The zero-order chi connectivity index (χ0) is 35.9. The molecule has 0 rings (SSSR count). The number of phosphoric acid groups is 1. The third-order valence-electron chi connectivity index (χ3n) is 7.98. The van der Waals surface area contributed by atoms with E-state index in [-0.39, 0.29) is 38.8 Å². The molecule has 8 nitrogen and oxygen atoms in total. The first-order valence-corrected chi connectivity index (χ1v) is 21.1. The van der Waals surface area contributed by atoms with Crippen LogP contribution < -0.4 is 5.73 Å². The topological polar surface area (TPSA) is 117 Å². The van der Waals surface area contributed by atoms with Crippen LogP contribution >= 0.6 is 7.82 Å². The fourth-order valence-electron chi connectivity index (χ4n) is 5.12. The predicted octanol–water partition coefficient (Wildman–Crippen LogP) is 11.2. The van der Waals surface area contributed by atoms with Crippen LogP contribution in [0.2, 0.25) is 0 Å². The number of unbranched alkanes of at least 4 members (excludes halogenated alkanes) is 16. The summed E-state index contributed by atoms with van der Waals surface area (Å²) in [7, 11) is -4.28. The Hall–Kier alpha value is -1.54. The van der Waals surface area contributed by atoms with Crippen molar-refractivity contribution >= 4 is 13.8 Å². The summed E-state index contributed by atoms with van der Waals surface area (Å²) in [6, 6.07) is 0. The summed E-state index contributed by atoms with van der Waals surface area (Å²) in [5, 5.41) is 0. The first-order chi connectivity index (χ1) is 23.9. The number of carbonyl (C=O) groups excluding carboxylic acids is 1. The van der Waals surface area contributed by atoms with E-state index in [0.717, 1.165) is 57.8 Å². The number of rotatable bonds is 37. The van der Waals surface area contributed by atoms with Crippen molar-refractivity contribution in [2.24, 2.45) is 5.73 Å². The largest absolute Gasteiger partial charge is 0.472 e. The number of ether oxygens (including phenoxy) is 2. The van der Waals surface area contributed by atoms with Gasteiger partial charge in [-0.1, -0.05) is 133 Å². The summed E-state index contributed by atoms with van der Waals surface area (Å²) < 4.78 is 33.3. The Labute approximate surface area is 301 Å². The summed E-state index contributed by atoms with van der Waals surface area (Å²) >= 11 is 0. The Balaban J connectivity index is 4.12. The number of allylic oxidation sites excluding steroid dienone is 8. The van der Waals surface area contributed by atoms with Crippen molar-refractivity contribution in [2.75, 3.05) is 33.0 Å². The molecule has 0 aliphatic carbocycles. The quantitative estimate of drug-likeness (QED) is 0.0283. The van der Waals surface area contributed by atoms with Crippen LogP contribution in [-0.2, 0) is 27.9 Å². The van der Waals surface area contributed by atoms with Crippen molar-refractivity contribution in [2.45, 2.75) is 168 Å². The Morgan fingerprint density at radius 2 is 1.14 bits per heavy atom. The first-order valence-electron chi connectivity index (χ1n) is 19.6. The van der Waals surface area contributed by atoms with E-state index in [1.54, 1.807) is 0 Å². The molecule has 0 saturated carbocycles. The number of phosphoric ester groups is 1. The zero-order valence-corrected chi connectivity index (χ0v) is 32.3. The fourth-order valence-corrected chi connectivity index (χ4v) is 5.89. The van der Waals surface area contributed by atoms with Gasteiger partial charge in [0, 0.05) is 19.6 Å². The number of esters is 1. The average Bonchev–Trinajstić information content (AvgIpc) is 3.09. The van der Waals surface area contributed by atoms with Gasteiger partial charge in [0.15, 0.2) is 0 Å². The summed E-state index contributed by atoms with van der Waals surface area (Å²) in [6.07, 6.45) is 42.7.